The summed E-state index contributed by atoms with van der Waals surface area (Å²) in [5.74, 6) is 1.32. The Morgan fingerprint density at radius 1 is 1.47 bits per heavy atom. The Morgan fingerprint density at radius 3 is 2.88 bits per heavy atom. The Morgan fingerprint density at radius 2 is 2.24 bits per heavy atom. The minimum atomic E-state index is 0.558. The van der Waals surface area contributed by atoms with Crippen molar-refractivity contribution in [1.82, 2.24) is 20.8 Å². The Kier molecular flexibility index (Phi) is 4.30. The molecule has 1 aliphatic rings. The molecule has 0 bridgehead atoms. The average Bonchev–Trinajstić information content (AvgIpc) is 2.90. The Hall–Kier alpha value is -1.17. The highest BCUT2D eigenvalue weighted by molar-refractivity contribution is 7.80. The van der Waals surface area contributed by atoms with Gasteiger partial charge in [-0.15, -0.1) is 0 Å². The van der Waals surface area contributed by atoms with Crippen LogP contribution in [0, 0.1) is 6.92 Å². The number of aryl methyl sites for hydroxylation is 1. The van der Waals surface area contributed by atoms with Crippen molar-refractivity contribution in [3.8, 4) is 0 Å². The second kappa shape index (κ2) is 5.95. The molecule has 1 heterocycles. The predicted octanol–water partition coefficient (Wildman–Crippen LogP) is 1.33. The molecular weight excluding hydrogens is 236 g/mol. The smallest absolute Gasteiger partial charge is 0.223 e. The highest BCUT2D eigenvalue weighted by Gasteiger charge is 2.15. The zero-order valence-electron chi connectivity index (χ0n) is 10.0. The quantitative estimate of drug-likeness (QED) is 0.790. The number of hydrogen-bond donors (Lipinski definition) is 2. The van der Waals surface area contributed by atoms with Crippen LogP contribution in [0.5, 0.6) is 0 Å². The third-order valence-electron chi connectivity index (χ3n) is 2.89. The van der Waals surface area contributed by atoms with Gasteiger partial charge in [0.15, 0.2) is 10.9 Å². The number of aromatic nitrogens is 2. The van der Waals surface area contributed by atoms with E-state index in [-0.39, 0.29) is 0 Å². The number of thiocarbonyl (C=S) groups is 1. The van der Waals surface area contributed by atoms with Gasteiger partial charge in [-0.3, -0.25) is 0 Å². The topological polar surface area (TPSA) is 63.0 Å². The Bertz CT molecular complexity index is 373. The molecule has 1 aromatic heterocycles. The fraction of sp³-hybridized carbons (Fsp3) is 0.727. The summed E-state index contributed by atoms with van der Waals surface area (Å²) in [5.41, 5.74) is 0. The number of nitrogens with one attached hydrogen (secondary N) is 2. The van der Waals surface area contributed by atoms with Gasteiger partial charge < -0.3 is 15.2 Å². The largest absolute Gasteiger partial charge is 0.362 e. The molecule has 1 aliphatic carbocycles. The first kappa shape index (κ1) is 12.3. The molecule has 0 unspecified atom stereocenters. The van der Waals surface area contributed by atoms with Crippen LogP contribution in [0.2, 0.25) is 0 Å². The maximum Gasteiger partial charge on any atom is 0.223 e. The number of hydrogen-bond acceptors (Lipinski definition) is 4. The highest BCUT2D eigenvalue weighted by Crippen LogP contribution is 2.17. The first-order valence-corrected chi connectivity index (χ1v) is 6.48. The molecule has 2 rings (SSSR count). The van der Waals surface area contributed by atoms with Crippen LogP contribution in [0.15, 0.2) is 4.52 Å². The predicted molar refractivity (Wildman–Crippen MR) is 68.7 cm³/mol. The second-order valence-electron chi connectivity index (χ2n) is 4.36. The van der Waals surface area contributed by atoms with Gasteiger partial charge >= 0.3 is 0 Å². The van der Waals surface area contributed by atoms with E-state index in [4.69, 9.17) is 16.7 Å². The summed E-state index contributed by atoms with van der Waals surface area (Å²) in [6, 6.07) is 0.558. The molecule has 0 aliphatic heterocycles. The monoisotopic (exact) mass is 254 g/mol. The molecule has 5 nitrogen and oxygen atoms in total. The summed E-state index contributed by atoms with van der Waals surface area (Å²) >= 11 is 5.22. The van der Waals surface area contributed by atoms with E-state index in [2.05, 4.69) is 20.8 Å². The summed E-state index contributed by atoms with van der Waals surface area (Å²) in [6.07, 6.45) is 5.80. The van der Waals surface area contributed by atoms with Gasteiger partial charge in [0, 0.05) is 25.9 Å². The van der Waals surface area contributed by atoms with Crippen molar-refractivity contribution in [2.24, 2.45) is 0 Å². The van der Waals surface area contributed by atoms with Crippen LogP contribution in [-0.4, -0.2) is 27.8 Å². The summed E-state index contributed by atoms with van der Waals surface area (Å²) in [6.45, 7) is 2.52. The third-order valence-corrected chi connectivity index (χ3v) is 3.16. The third kappa shape index (κ3) is 3.96. The average molecular weight is 254 g/mol. The molecule has 0 radical (unpaired) electrons. The van der Waals surface area contributed by atoms with Gasteiger partial charge in [0.05, 0.1) is 0 Å². The molecule has 0 aromatic carbocycles. The highest BCUT2D eigenvalue weighted by atomic mass is 32.1. The molecule has 1 saturated carbocycles. The Labute approximate surface area is 106 Å². The van der Waals surface area contributed by atoms with Gasteiger partial charge in [-0.25, -0.2) is 0 Å². The number of nitrogens with zero attached hydrogens (tertiary/aromatic N) is 2. The van der Waals surface area contributed by atoms with Crippen molar-refractivity contribution in [2.45, 2.75) is 45.1 Å². The van der Waals surface area contributed by atoms with E-state index in [1.807, 2.05) is 0 Å². The lowest BCUT2D eigenvalue weighted by atomic mass is 10.3. The van der Waals surface area contributed by atoms with E-state index >= 15 is 0 Å². The van der Waals surface area contributed by atoms with Crippen LogP contribution in [0.4, 0.5) is 0 Å². The van der Waals surface area contributed by atoms with Gasteiger partial charge in [-0.2, -0.15) is 4.98 Å². The van der Waals surface area contributed by atoms with E-state index in [0.717, 1.165) is 23.9 Å². The van der Waals surface area contributed by atoms with Crippen molar-refractivity contribution < 1.29 is 4.52 Å². The van der Waals surface area contributed by atoms with Crippen molar-refractivity contribution in [3.63, 3.8) is 0 Å². The zero-order valence-corrected chi connectivity index (χ0v) is 10.8. The van der Waals surface area contributed by atoms with Gasteiger partial charge in [-0.05, 0) is 25.1 Å². The van der Waals surface area contributed by atoms with Gasteiger partial charge in [-0.1, -0.05) is 18.0 Å². The first-order valence-electron chi connectivity index (χ1n) is 6.07. The molecule has 2 N–H and O–H groups in total. The maximum absolute atomic E-state index is 5.22. The fourth-order valence-corrected chi connectivity index (χ4v) is 2.31. The molecule has 94 valence electrons. The molecule has 0 spiro atoms. The van der Waals surface area contributed by atoms with Gasteiger partial charge in [0.1, 0.15) is 0 Å². The van der Waals surface area contributed by atoms with Gasteiger partial charge in [0.25, 0.3) is 0 Å². The van der Waals surface area contributed by atoms with E-state index in [1.54, 1.807) is 6.92 Å². The van der Waals surface area contributed by atoms with E-state index in [1.165, 1.54) is 25.7 Å². The lowest BCUT2D eigenvalue weighted by molar-refractivity contribution is 0.387. The summed E-state index contributed by atoms with van der Waals surface area (Å²) in [5, 5.41) is 11.1. The number of rotatable bonds is 4. The molecule has 1 aromatic rings. The van der Waals surface area contributed by atoms with Crippen LogP contribution < -0.4 is 10.6 Å². The molecular formula is C11H18N4OS. The van der Waals surface area contributed by atoms with Crippen molar-refractivity contribution in [2.75, 3.05) is 6.54 Å². The van der Waals surface area contributed by atoms with Crippen LogP contribution in [-0.2, 0) is 6.42 Å². The summed E-state index contributed by atoms with van der Waals surface area (Å²) < 4.78 is 4.89. The normalized spacial score (nSPS) is 16.1. The van der Waals surface area contributed by atoms with E-state index in [0.29, 0.717) is 11.9 Å². The first-order chi connectivity index (χ1) is 8.24. The van der Waals surface area contributed by atoms with Crippen LogP contribution in [0.25, 0.3) is 0 Å². The molecule has 0 saturated heterocycles. The lowest BCUT2D eigenvalue weighted by Gasteiger charge is -2.15. The standard InChI is InChI=1S/C11H18N4OS/c1-8-13-10(15-16-8)6-7-12-11(17)14-9-4-2-3-5-9/h9H,2-7H2,1H3,(H2,12,14,17). The summed E-state index contributed by atoms with van der Waals surface area (Å²) in [4.78, 5) is 4.13. The Balaban J connectivity index is 1.62. The molecule has 1 fully saturated rings. The fourth-order valence-electron chi connectivity index (χ4n) is 2.04. The lowest BCUT2D eigenvalue weighted by Crippen LogP contribution is -2.41. The molecule has 17 heavy (non-hydrogen) atoms. The van der Waals surface area contributed by atoms with Crippen LogP contribution >= 0.6 is 12.2 Å². The molecule has 6 heteroatoms. The second-order valence-corrected chi connectivity index (χ2v) is 4.77. The van der Waals surface area contributed by atoms with Crippen molar-refractivity contribution in [1.29, 1.82) is 0 Å². The minimum absolute atomic E-state index is 0.558. The van der Waals surface area contributed by atoms with Crippen LogP contribution in [0.1, 0.15) is 37.4 Å². The minimum Gasteiger partial charge on any atom is -0.362 e. The van der Waals surface area contributed by atoms with E-state index < -0.39 is 0 Å². The van der Waals surface area contributed by atoms with Crippen LogP contribution in [0.3, 0.4) is 0 Å². The van der Waals surface area contributed by atoms with Crippen molar-refractivity contribution in [3.05, 3.63) is 11.7 Å². The SMILES string of the molecule is Cc1nc(CCNC(=S)NC2CCCC2)no1. The molecule has 0 amide bonds. The summed E-state index contributed by atoms with van der Waals surface area (Å²) in [7, 11) is 0. The van der Waals surface area contributed by atoms with Crippen molar-refractivity contribution >= 4 is 17.3 Å². The van der Waals surface area contributed by atoms with Gasteiger partial charge in [0.2, 0.25) is 5.89 Å². The molecule has 0 atom stereocenters. The van der Waals surface area contributed by atoms with E-state index in [9.17, 15) is 0 Å². The maximum atomic E-state index is 5.22. The zero-order chi connectivity index (χ0) is 12.1.